The van der Waals surface area contributed by atoms with E-state index < -0.39 is 0 Å². The molecule has 6 heteroatoms. The summed E-state index contributed by atoms with van der Waals surface area (Å²) in [5, 5.41) is 2.80. The number of hydrogen-bond donors (Lipinski definition) is 2. The summed E-state index contributed by atoms with van der Waals surface area (Å²) in [6.07, 6.45) is 0.892. The molecule has 19 heavy (non-hydrogen) atoms. The lowest BCUT2D eigenvalue weighted by molar-refractivity contribution is 0.0374. The van der Waals surface area contributed by atoms with Gasteiger partial charge in [-0.05, 0) is 19.0 Å². The van der Waals surface area contributed by atoms with Crippen molar-refractivity contribution in [2.75, 3.05) is 39.4 Å². The van der Waals surface area contributed by atoms with E-state index >= 15 is 0 Å². The molecule has 0 unspecified atom stereocenters. The smallest absolute Gasteiger partial charge is 0.267 e. The van der Waals surface area contributed by atoms with E-state index in [1.165, 1.54) is 6.07 Å². The minimum Gasteiger partial charge on any atom is -0.379 e. The Morgan fingerprint density at radius 1 is 1.37 bits per heavy atom. The molecule has 1 aliphatic rings. The van der Waals surface area contributed by atoms with Crippen LogP contribution in [-0.2, 0) is 4.74 Å². The molecule has 0 radical (unpaired) electrons. The molecule has 2 rings (SSSR count). The molecule has 6 nitrogen and oxygen atoms in total. The fourth-order valence-electron chi connectivity index (χ4n) is 2.00. The molecule has 1 fully saturated rings. The molecule has 1 aromatic heterocycles. The average molecular weight is 265 g/mol. The van der Waals surface area contributed by atoms with Gasteiger partial charge in [-0.2, -0.15) is 0 Å². The number of nitrogens with one attached hydrogen (secondary N) is 2. The first-order valence-corrected chi connectivity index (χ1v) is 6.53. The number of amides is 1. The van der Waals surface area contributed by atoms with Gasteiger partial charge in [0.1, 0.15) is 5.69 Å². The Morgan fingerprint density at radius 3 is 2.89 bits per heavy atom. The number of carbonyl (C=O) groups is 1. The van der Waals surface area contributed by atoms with Gasteiger partial charge in [0.05, 0.1) is 13.2 Å². The van der Waals surface area contributed by atoms with Crippen LogP contribution in [-0.4, -0.2) is 55.2 Å². The number of morpholine rings is 1. The van der Waals surface area contributed by atoms with Crippen molar-refractivity contribution in [3.05, 3.63) is 34.2 Å². The van der Waals surface area contributed by atoms with Crippen molar-refractivity contribution < 1.29 is 9.53 Å². The Bertz CT molecular complexity index is 466. The van der Waals surface area contributed by atoms with E-state index in [1.807, 2.05) is 0 Å². The van der Waals surface area contributed by atoms with Gasteiger partial charge in [0.15, 0.2) is 0 Å². The summed E-state index contributed by atoms with van der Waals surface area (Å²) < 4.78 is 5.27. The molecule has 0 atom stereocenters. The van der Waals surface area contributed by atoms with E-state index in [9.17, 15) is 9.59 Å². The molecule has 0 aromatic carbocycles. The molecular formula is C13H19N3O3. The molecular weight excluding hydrogens is 246 g/mol. The van der Waals surface area contributed by atoms with Gasteiger partial charge in [-0.3, -0.25) is 14.5 Å². The van der Waals surface area contributed by atoms with Crippen molar-refractivity contribution in [3.63, 3.8) is 0 Å². The SMILES string of the molecule is O=C(NCCCN1CCOCC1)c1cccc(=O)[nH]1. The monoisotopic (exact) mass is 265 g/mol. The van der Waals surface area contributed by atoms with Crippen LogP contribution in [0.2, 0.25) is 0 Å². The van der Waals surface area contributed by atoms with Gasteiger partial charge in [0.2, 0.25) is 5.56 Å². The fraction of sp³-hybridized carbons (Fsp3) is 0.538. The number of hydrogen-bond acceptors (Lipinski definition) is 4. The van der Waals surface area contributed by atoms with Gasteiger partial charge < -0.3 is 15.0 Å². The molecule has 1 aliphatic heterocycles. The van der Waals surface area contributed by atoms with Crippen molar-refractivity contribution in [2.24, 2.45) is 0 Å². The zero-order valence-electron chi connectivity index (χ0n) is 10.9. The third kappa shape index (κ3) is 4.50. The summed E-state index contributed by atoms with van der Waals surface area (Å²) in [6.45, 7) is 5.05. The van der Waals surface area contributed by atoms with Gasteiger partial charge in [-0.15, -0.1) is 0 Å². The zero-order valence-corrected chi connectivity index (χ0v) is 10.9. The molecule has 2 heterocycles. The highest BCUT2D eigenvalue weighted by molar-refractivity contribution is 5.92. The zero-order chi connectivity index (χ0) is 13.5. The second-order valence-electron chi connectivity index (χ2n) is 4.49. The molecule has 0 bridgehead atoms. The van der Waals surface area contributed by atoms with Gasteiger partial charge in [0, 0.05) is 25.7 Å². The number of ether oxygens (including phenoxy) is 1. The summed E-state index contributed by atoms with van der Waals surface area (Å²) >= 11 is 0. The predicted octanol–water partition coefficient (Wildman–Crippen LogP) is -0.173. The van der Waals surface area contributed by atoms with Gasteiger partial charge in [-0.1, -0.05) is 6.07 Å². The lowest BCUT2D eigenvalue weighted by Gasteiger charge is -2.26. The number of aromatic amines is 1. The maximum atomic E-state index is 11.7. The Hall–Kier alpha value is -1.66. The van der Waals surface area contributed by atoms with Crippen molar-refractivity contribution in [3.8, 4) is 0 Å². The van der Waals surface area contributed by atoms with Crippen molar-refractivity contribution in [1.29, 1.82) is 0 Å². The Balaban J connectivity index is 1.67. The maximum absolute atomic E-state index is 11.7. The molecule has 1 saturated heterocycles. The molecule has 0 saturated carbocycles. The predicted molar refractivity (Wildman–Crippen MR) is 71.3 cm³/mol. The van der Waals surface area contributed by atoms with Crippen LogP contribution in [0.15, 0.2) is 23.0 Å². The molecule has 1 amide bonds. The average Bonchev–Trinajstić information content (AvgIpc) is 2.44. The fourth-order valence-corrected chi connectivity index (χ4v) is 2.00. The highest BCUT2D eigenvalue weighted by atomic mass is 16.5. The van der Waals surface area contributed by atoms with Crippen molar-refractivity contribution in [2.45, 2.75) is 6.42 Å². The summed E-state index contributed by atoms with van der Waals surface area (Å²) in [5.74, 6) is -0.236. The van der Waals surface area contributed by atoms with Crippen LogP contribution in [0.5, 0.6) is 0 Å². The lowest BCUT2D eigenvalue weighted by Crippen LogP contribution is -2.38. The minimum atomic E-state index is -0.263. The number of H-pyrrole nitrogens is 1. The first-order chi connectivity index (χ1) is 9.25. The van der Waals surface area contributed by atoms with E-state index in [0.717, 1.165) is 39.3 Å². The first-order valence-electron chi connectivity index (χ1n) is 6.53. The van der Waals surface area contributed by atoms with Gasteiger partial charge >= 0.3 is 0 Å². The summed E-state index contributed by atoms with van der Waals surface area (Å²) in [6, 6.07) is 4.55. The summed E-state index contributed by atoms with van der Waals surface area (Å²) in [5.41, 5.74) is 0.0415. The van der Waals surface area contributed by atoms with Crippen LogP contribution in [0.1, 0.15) is 16.9 Å². The highest BCUT2D eigenvalue weighted by Crippen LogP contribution is 1.97. The normalized spacial score (nSPS) is 16.2. The largest absolute Gasteiger partial charge is 0.379 e. The second-order valence-corrected chi connectivity index (χ2v) is 4.49. The van der Waals surface area contributed by atoms with Crippen molar-refractivity contribution >= 4 is 5.91 Å². The maximum Gasteiger partial charge on any atom is 0.267 e. The summed E-state index contributed by atoms with van der Waals surface area (Å²) in [4.78, 5) is 27.6. The van der Waals surface area contributed by atoms with Crippen LogP contribution in [0.25, 0.3) is 0 Å². The molecule has 1 aromatic rings. The van der Waals surface area contributed by atoms with E-state index in [-0.39, 0.29) is 11.5 Å². The van der Waals surface area contributed by atoms with Crippen LogP contribution < -0.4 is 10.9 Å². The van der Waals surface area contributed by atoms with Crippen LogP contribution in [0.3, 0.4) is 0 Å². The Labute approximate surface area is 111 Å². The second kappa shape index (κ2) is 7.06. The molecule has 104 valence electrons. The molecule has 0 aliphatic carbocycles. The minimum absolute atomic E-state index is 0.236. The number of rotatable bonds is 5. The number of aromatic nitrogens is 1. The number of nitrogens with zero attached hydrogens (tertiary/aromatic N) is 1. The molecule has 2 N–H and O–H groups in total. The van der Waals surface area contributed by atoms with E-state index in [4.69, 9.17) is 4.74 Å². The summed E-state index contributed by atoms with van der Waals surface area (Å²) in [7, 11) is 0. The quantitative estimate of drug-likeness (QED) is 0.725. The number of carbonyl (C=O) groups excluding carboxylic acids is 1. The van der Waals surface area contributed by atoms with Gasteiger partial charge in [0.25, 0.3) is 5.91 Å². The third-order valence-corrected chi connectivity index (χ3v) is 3.05. The van der Waals surface area contributed by atoms with Gasteiger partial charge in [-0.25, -0.2) is 0 Å². The van der Waals surface area contributed by atoms with E-state index in [1.54, 1.807) is 12.1 Å². The Morgan fingerprint density at radius 2 is 2.16 bits per heavy atom. The number of pyridine rings is 1. The van der Waals surface area contributed by atoms with E-state index in [2.05, 4.69) is 15.2 Å². The standard InChI is InChI=1S/C13H19N3O3/c17-12-4-1-3-11(15-12)13(18)14-5-2-6-16-7-9-19-10-8-16/h1,3-4H,2,5-10H2,(H,14,18)(H,15,17). The lowest BCUT2D eigenvalue weighted by atomic mass is 10.3. The van der Waals surface area contributed by atoms with Crippen LogP contribution in [0.4, 0.5) is 0 Å². The Kier molecular flexibility index (Phi) is 5.11. The van der Waals surface area contributed by atoms with Crippen molar-refractivity contribution in [1.82, 2.24) is 15.2 Å². The first kappa shape index (κ1) is 13.8. The highest BCUT2D eigenvalue weighted by Gasteiger charge is 2.10. The topological polar surface area (TPSA) is 74.4 Å². The molecule has 0 spiro atoms. The van der Waals surface area contributed by atoms with Crippen LogP contribution >= 0.6 is 0 Å². The van der Waals surface area contributed by atoms with Crippen LogP contribution in [0, 0.1) is 0 Å². The van der Waals surface area contributed by atoms with E-state index in [0.29, 0.717) is 12.2 Å². The third-order valence-electron chi connectivity index (χ3n) is 3.05.